The number of carboxylic acids is 1. The molecule has 2 N–H and O–H groups in total. The molecule has 3 rings (SSSR count). The van der Waals surface area contributed by atoms with E-state index in [9.17, 15) is 26.8 Å². The van der Waals surface area contributed by atoms with Crippen LogP contribution >= 0.6 is 0 Å². The second kappa shape index (κ2) is 11.3. The lowest BCUT2D eigenvalue weighted by Crippen LogP contribution is -2.49. The van der Waals surface area contributed by atoms with Crippen molar-refractivity contribution in [3.63, 3.8) is 0 Å². The highest BCUT2D eigenvalue weighted by atomic mass is 32.2. The van der Waals surface area contributed by atoms with Crippen LogP contribution in [0.5, 0.6) is 5.75 Å². The number of piperidine rings is 1. The van der Waals surface area contributed by atoms with E-state index in [2.05, 4.69) is 5.32 Å². The molecule has 0 saturated carbocycles. The molecular formula is C25H30F2N2O6S. The monoisotopic (exact) mass is 524 g/mol. The smallest absolute Gasteiger partial charge is 0.335 e. The Morgan fingerprint density at radius 3 is 2.44 bits per heavy atom. The Hall–Kier alpha value is -3.05. The van der Waals surface area contributed by atoms with Gasteiger partial charge < -0.3 is 15.2 Å². The topological polar surface area (TPSA) is 113 Å². The van der Waals surface area contributed by atoms with Crippen LogP contribution in [0.3, 0.4) is 0 Å². The van der Waals surface area contributed by atoms with E-state index in [0.717, 1.165) is 18.2 Å². The van der Waals surface area contributed by atoms with Gasteiger partial charge in [0.15, 0.2) is 11.6 Å². The Balaban J connectivity index is 1.47. The summed E-state index contributed by atoms with van der Waals surface area (Å²) in [6, 6.07) is 8.36. The standard InChI is InChI=1S/C25H30F2N2O6S/c1-25(2,11-4-14-35-19-7-8-21(26)22(27)16-19)24(32)28-18-9-12-29(13-10-18)36(33,34)20-6-3-5-17(15-20)23(30)31/h3,5-8,15-16,18H,4,9-14H2,1-2H3,(H,28,32)(H,30,31). The third-order valence-corrected chi connectivity index (χ3v) is 8.12. The van der Waals surface area contributed by atoms with Crippen molar-refractivity contribution >= 4 is 21.9 Å². The summed E-state index contributed by atoms with van der Waals surface area (Å²) in [6.45, 7) is 4.24. The Bertz CT molecular complexity index is 1210. The van der Waals surface area contributed by atoms with Crippen LogP contribution in [0.25, 0.3) is 0 Å². The van der Waals surface area contributed by atoms with Gasteiger partial charge in [0.25, 0.3) is 0 Å². The average Bonchev–Trinajstić information content (AvgIpc) is 2.84. The number of sulfonamides is 1. The number of carbonyl (C=O) groups excluding carboxylic acids is 1. The van der Waals surface area contributed by atoms with Crippen LogP contribution in [-0.2, 0) is 14.8 Å². The normalized spacial score (nSPS) is 15.4. The number of aromatic carboxylic acids is 1. The van der Waals surface area contributed by atoms with Crippen molar-refractivity contribution in [2.45, 2.75) is 50.5 Å². The number of hydrogen-bond donors (Lipinski definition) is 2. The average molecular weight is 525 g/mol. The van der Waals surface area contributed by atoms with Gasteiger partial charge in [0, 0.05) is 30.6 Å². The summed E-state index contributed by atoms with van der Waals surface area (Å²) in [5.74, 6) is -3.08. The molecular weight excluding hydrogens is 494 g/mol. The molecule has 8 nitrogen and oxygen atoms in total. The predicted molar refractivity (Wildman–Crippen MR) is 128 cm³/mol. The maximum Gasteiger partial charge on any atom is 0.335 e. The SMILES string of the molecule is CC(C)(CCCOc1ccc(F)c(F)c1)C(=O)NC1CCN(S(=O)(=O)c2cccc(C(=O)O)c2)CC1. The van der Waals surface area contributed by atoms with Crippen LogP contribution in [0.1, 0.15) is 49.9 Å². The van der Waals surface area contributed by atoms with Gasteiger partial charge in [0.2, 0.25) is 15.9 Å². The van der Waals surface area contributed by atoms with Crippen LogP contribution in [0.2, 0.25) is 0 Å². The van der Waals surface area contributed by atoms with Gasteiger partial charge in [-0.25, -0.2) is 22.0 Å². The largest absolute Gasteiger partial charge is 0.493 e. The number of rotatable bonds is 10. The van der Waals surface area contributed by atoms with E-state index in [1.807, 2.05) is 0 Å². The number of halogens is 2. The van der Waals surface area contributed by atoms with Crippen molar-refractivity contribution in [3.05, 3.63) is 59.7 Å². The molecule has 1 saturated heterocycles. The zero-order valence-electron chi connectivity index (χ0n) is 20.2. The second-order valence-corrected chi connectivity index (χ2v) is 11.3. The summed E-state index contributed by atoms with van der Waals surface area (Å²) >= 11 is 0. The molecule has 0 aliphatic carbocycles. The zero-order chi connectivity index (χ0) is 26.5. The number of hydrogen-bond acceptors (Lipinski definition) is 5. The first-order valence-corrected chi connectivity index (χ1v) is 13.1. The fourth-order valence-electron chi connectivity index (χ4n) is 3.94. The fourth-order valence-corrected chi connectivity index (χ4v) is 5.46. The van der Waals surface area contributed by atoms with Crippen molar-refractivity contribution in [2.75, 3.05) is 19.7 Å². The molecule has 1 aliphatic heterocycles. The summed E-state index contributed by atoms with van der Waals surface area (Å²) < 4.78 is 58.9. The summed E-state index contributed by atoms with van der Waals surface area (Å²) in [4.78, 5) is 24.0. The molecule has 0 unspecified atom stereocenters. The minimum absolute atomic E-state index is 0.0726. The summed E-state index contributed by atoms with van der Waals surface area (Å²) in [7, 11) is -3.84. The van der Waals surface area contributed by atoms with Gasteiger partial charge in [0.1, 0.15) is 5.75 Å². The zero-order valence-corrected chi connectivity index (χ0v) is 21.0. The molecule has 1 heterocycles. The summed E-state index contributed by atoms with van der Waals surface area (Å²) in [6.07, 6.45) is 1.87. The molecule has 1 fully saturated rings. The Labute approximate surface area is 209 Å². The molecule has 0 radical (unpaired) electrons. The van der Waals surface area contributed by atoms with E-state index in [1.54, 1.807) is 13.8 Å². The molecule has 1 aliphatic rings. The highest BCUT2D eigenvalue weighted by Gasteiger charge is 2.33. The fraction of sp³-hybridized carbons (Fsp3) is 0.440. The second-order valence-electron chi connectivity index (χ2n) is 9.40. The van der Waals surface area contributed by atoms with Gasteiger partial charge in [0.05, 0.1) is 17.1 Å². The molecule has 1 amide bonds. The van der Waals surface area contributed by atoms with Crippen LogP contribution in [0, 0.1) is 17.0 Å². The van der Waals surface area contributed by atoms with Gasteiger partial charge in [-0.1, -0.05) is 19.9 Å². The van der Waals surface area contributed by atoms with Crippen LogP contribution in [-0.4, -0.2) is 55.4 Å². The van der Waals surface area contributed by atoms with E-state index in [4.69, 9.17) is 9.84 Å². The molecule has 36 heavy (non-hydrogen) atoms. The van der Waals surface area contributed by atoms with E-state index >= 15 is 0 Å². The summed E-state index contributed by atoms with van der Waals surface area (Å²) in [5, 5.41) is 12.1. The third-order valence-electron chi connectivity index (χ3n) is 6.23. The molecule has 0 aromatic heterocycles. The highest BCUT2D eigenvalue weighted by molar-refractivity contribution is 7.89. The first kappa shape index (κ1) is 27.5. The number of carbonyl (C=O) groups is 2. The van der Waals surface area contributed by atoms with E-state index in [0.29, 0.717) is 25.7 Å². The Kier molecular flexibility index (Phi) is 8.67. The van der Waals surface area contributed by atoms with Crippen molar-refractivity contribution in [3.8, 4) is 5.75 Å². The minimum Gasteiger partial charge on any atom is -0.493 e. The van der Waals surface area contributed by atoms with Gasteiger partial charge >= 0.3 is 5.97 Å². The van der Waals surface area contributed by atoms with Crippen LogP contribution in [0.4, 0.5) is 8.78 Å². The van der Waals surface area contributed by atoms with Gasteiger partial charge in [-0.05, 0) is 56.0 Å². The maximum atomic E-state index is 13.3. The number of nitrogens with one attached hydrogen (secondary N) is 1. The van der Waals surface area contributed by atoms with Crippen molar-refractivity contribution in [1.82, 2.24) is 9.62 Å². The first-order chi connectivity index (χ1) is 16.9. The molecule has 2 aromatic rings. The molecule has 196 valence electrons. The van der Waals surface area contributed by atoms with Gasteiger partial charge in [-0.15, -0.1) is 0 Å². The van der Waals surface area contributed by atoms with Crippen molar-refractivity contribution in [2.24, 2.45) is 5.41 Å². The first-order valence-electron chi connectivity index (χ1n) is 11.6. The van der Waals surface area contributed by atoms with Gasteiger partial charge in [-0.3, -0.25) is 4.79 Å². The number of benzene rings is 2. The lowest BCUT2D eigenvalue weighted by molar-refractivity contribution is -0.130. The molecule has 11 heteroatoms. The number of nitrogens with zero attached hydrogens (tertiary/aromatic N) is 1. The maximum absolute atomic E-state index is 13.3. The molecule has 2 aromatic carbocycles. The van der Waals surface area contributed by atoms with E-state index in [1.165, 1.54) is 28.6 Å². The summed E-state index contributed by atoms with van der Waals surface area (Å²) in [5.41, 5.74) is -0.812. The van der Waals surface area contributed by atoms with E-state index in [-0.39, 0.29) is 47.9 Å². The van der Waals surface area contributed by atoms with E-state index < -0.39 is 33.0 Å². The Morgan fingerprint density at radius 1 is 1.11 bits per heavy atom. The quantitative estimate of drug-likeness (QED) is 0.457. The van der Waals surface area contributed by atoms with Crippen molar-refractivity contribution < 1.29 is 36.6 Å². The van der Waals surface area contributed by atoms with Gasteiger partial charge in [-0.2, -0.15) is 4.31 Å². The highest BCUT2D eigenvalue weighted by Crippen LogP contribution is 2.26. The minimum atomic E-state index is -3.84. The third kappa shape index (κ3) is 6.79. The molecule has 0 atom stereocenters. The van der Waals surface area contributed by atoms with Crippen LogP contribution in [0.15, 0.2) is 47.4 Å². The lowest BCUT2D eigenvalue weighted by Gasteiger charge is -2.34. The number of ether oxygens (including phenoxy) is 1. The predicted octanol–water partition coefficient (Wildman–Crippen LogP) is 3.82. The molecule has 0 bridgehead atoms. The van der Waals surface area contributed by atoms with Crippen LogP contribution < -0.4 is 10.1 Å². The number of amides is 1. The lowest BCUT2D eigenvalue weighted by atomic mass is 9.86. The number of carboxylic acid groups (broad SMARTS) is 1. The van der Waals surface area contributed by atoms with Crippen molar-refractivity contribution in [1.29, 1.82) is 0 Å². The molecule has 0 spiro atoms. The Morgan fingerprint density at radius 2 is 1.81 bits per heavy atom.